The second-order valence-corrected chi connectivity index (χ2v) is 8.59. The number of aliphatic imine (C=N–C) groups is 1. The first-order valence-electron chi connectivity index (χ1n) is 8.62. The Hall–Kier alpha value is -1.36. The summed E-state index contributed by atoms with van der Waals surface area (Å²) in [5, 5.41) is 6.20. The fourth-order valence-electron chi connectivity index (χ4n) is 3.25. The molecule has 2 heterocycles. The van der Waals surface area contributed by atoms with Crippen molar-refractivity contribution in [3.8, 4) is 0 Å². The van der Waals surface area contributed by atoms with E-state index >= 15 is 0 Å². The third kappa shape index (κ3) is 5.09. The molecule has 7 nitrogen and oxygen atoms in total. The van der Waals surface area contributed by atoms with Crippen molar-refractivity contribution in [2.45, 2.75) is 25.8 Å². The Labute approximate surface area is 171 Å². The summed E-state index contributed by atoms with van der Waals surface area (Å²) < 4.78 is 23.2. The van der Waals surface area contributed by atoms with Crippen molar-refractivity contribution in [3.63, 3.8) is 0 Å². The van der Waals surface area contributed by atoms with Crippen LogP contribution in [0.15, 0.2) is 29.3 Å². The molecular weight excluding hydrogens is 467 g/mol. The number of halogens is 1. The van der Waals surface area contributed by atoms with Gasteiger partial charge in [0.05, 0.1) is 11.5 Å². The first-order valence-corrected chi connectivity index (χ1v) is 10.4. The second-order valence-electron chi connectivity index (χ2n) is 6.36. The number of para-hydroxylation sites is 1. The fraction of sp³-hybridized carbons (Fsp3) is 0.529. The van der Waals surface area contributed by atoms with E-state index < -0.39 is 9.84 Å². The van der Waals surface area contributed by atoms with Crippen LogP contribution >= 0.6 is 24.0 Å². The van der Waals surface area contributed by atoms with Gasteiger partial charge in [0.15, 0.2) is 15.8 Å². The predicted octanol–water partition coefficient (Wildman–Crippen LogP) is 0.936. The van der Waals surface area contributed by atoms with E-state index in [9.17, 15) is 13.2 Å². The van der Waals surface area contributed by atoms with Crippen LogP contribution in [-0.4, -0.2) is 57.5 Å². The van der Waals surface area contributed by atoms with E-state index in [-0.39, 0.29) is 54.0 Å². The summed E-state index contributed by atoms with van der Waals surface area (Å²) in [6.07, 6.45) is 1.43. The molecule has 0 bridgehead atoms. The van der Waals surface area contributed by atoms with Gasteiger partial charge in [-0.15, -0.1) is 24.0 Å². The van der Waals surface area contributed by atoms with Gasteiger partial charge in [-0.1, -0.05) is 18.2 Å². The van der Waals surface area contributed by atoms with E-state index in [1.54, 1.807) is 4.90 Å². The van der Waals surface area contributed by atoms with Crippen molar-refractivity contribution < 1.29 is 13.2 Å². The monoisotopic (exact) mass is 492 g/mol. The molecule has 1 unspecified atom stereocenters. The lowest BCUT2D eigenvalue weighted by Gasteiger charge is -2.18. The summed E-state index contributed by atoms with van der Waals surface area (Å²) >= 11 is 0. The van der Waals surface area contributed by atoms with Gasteiger partial charge in [0, 0.05) is 24.8 Å². The standard InChI is InChI=1S/C17H24N4O3S.HI/c1-2-18-17(20-14-8-10-25(23,24)12-14)19-11-16(22)21-9-7-13-5-3-4-6-15(13)21;/h3-6,14H,2,7-12H2,1H3,(H2,18,19,20);1H. The molecule has 1 aromatic carbocycles. The number of carbonyl (C=O) groups is 1. The number of nitrogens with one attached hydrogen (secondary N) is 2. The molecule has 1 atom stereocenters. The minimum Gasteiger partial charge on any atom is -0.357 e. The number of benzene rings is 1. The van der Waals surface area contributed by atoms with Crippen molar-refractivity contribution in [1.29, 1.82) is 0 Å². The van der Waals surface area contributed by atoms with Crippen LogP contribution in [-0.2, 0) is 21.1 Å². The van der Waals surface area contributed by atoms with Crippen LogP contribution in [0.2, 0.25) is 0 Å². The van der Waals surface area contributed by atoms with Gasteiger partial charge < -0.3 is 15.5 Å². The Bertz CT molecular complexity index is 782. The van der Waals surface area contributed by atoms with E-state index in [1.165, 1.54) is 5.56 Å². The number of anilines is 1. The lowest BCUT2D eigenvalue weighted by Crippen LogP contribution is -2.44. The van der Waals surface area contributed by atoms with Crippen LogP contribution < -0.4 is 15.5 Å². The van der Waals surface area contributed by atoms with Crippen LogP contribution in [0.1, 0.15) is 18.9 Å². The Morgan fingerprint density at radius 2 is 2.12 bits per heavy atom. The maximum Gasteiger partial charge on any atom is 0.248 e. The highest BCUT2D eigenvalue weighted by atomic mass is 127. The van der Waals surface area contributed by atoms with Crippen LogP contribution in [0.4, 0.5) is 5.69 Å². The summed E-state index contributed by atoms with van der Waals surface area (Å²) in [6.45, 7) is 3.29. The van der Waals surface area contributed by atoms with Gasteiger partial charge in [-0.2, -0.15) is 0 Å². The zero-order chi connectivity index (χ0) is 17.9. The Kier molecular flexibility index (Phi) is 7.27. The van der Waals surface area contributed by atoms with Crippen molar-refractivity contribution in [2.24, 2.45) is 4.99 Å². The zero-order valence-electron chi connectivity index (χ0n) is 14.8. The highest BCUT2D eigenvalue weighted by molar-refractivity contribution is 14.0. The molecule has 144 valence electrons. The van der Waals surface area contributed by atoms with Crippen molar-refractivity contribution >= 4 is 51.4 Å². The quantitative estimate of drug-likeness (QED) is 0.371. The normalized spacial score (nSPS) is 21.0. The molecule has 26 heavy (non-hydrogen) atoms. The molecule has 1 aromatic rings. The molecule has 0 aromatic heterocycles. The predicted molar refractivity (Wildman–Crippen MR) is 114 cm³/mol. The molecule has 1 amide bonds. The summed E-state index contributed by atoms with van der Waals surface area (Å²) in [6, 6.07) is 7.76. The number of rotatable bonds is 4. The van der Waals surface area contributed by atoms with E-state index in [4.69, 9.17) is 0 Å². The average molecular weight is 492 g/mol. The summed E-state index contributed by atoms with van der Waals surface area (Å²) in [4.78, 5) is 18.6. The minimum atomic E-state index is -2.95. The second kappa shape index (κ2) is 9.03. The van der Waals surface area contributed by atoms with Gasteiger partial charge in [0.25, 0.3) is 0 Å². The topological polar surface area (TPSA) is 90.9 Å². The first-order chi connectivity index (χ1) is 12.0. The van der Waals surface area contributed by atoms with Gasteiger partial charge >= 0.3 is 0 Å². The highest BCUT2D eigenvalue weighted by Crippen LogP contribution is 2.27. The number of fused-ring (bicyclic) bond motifs is 1. The van der Waals surface area contributed by atoms with Crippen molar-refractivity contribution in [2.75, 3.05) is 36.0 Å². The van der Waals surface area contributed by atoms with Gasteiger partial charge in [0.2, 0.25) is 5.91 Å². The number of hydrogen-bond donors (Lipinski definition) is 2. The molecule has 2 aliphatic heterocycles. The molecule has 9 heteroatoms. The first kappa shape index (κ1) is 20.9. The average Bonchev–Trinajstić information content (AvgIpc) is 3.15. The number of carbonyl (C=O) groups excluding carboxylic acids is 1. The molecule has 2 N–H and O–H groups in total. The fourth-order valence-corrected chi connectivity index (χ4v) is 4.92. The highest BCUT2D eigenvalue weighted by Gasteiger charge is 2.28. The number of nitrogens with zero attached hydrogens (tertiary/aromatic N) is 2. The van der Waals surface area contributed by atoms with Crippen LogP contribution in [0, 0.1) is 0 Å². The zero-order valence-corrected chi connectivity index (χ0v) is 17.9. The van der Waals surface area contributed by atoms with E-state index in [0.717, 1.165) is 12.1 Å². The number of hydrogen-bond acceptors (Lipinski definition) is 4. The van der Waals surface area contributed by atoms with Crippen LogP contribution in [0.3, 0.4) is 0 Å². The molecular formula is C17H25IN4O3S. The number of guanidine groups is 1. The third-order valence-electron chi connectivity index (χ3n) is 4.48. The summed E-state index contributed by atoms with van der Waals surface area (Å²) in [5.74, 6) is 0.755. The van der Waals surface area contributed by atoms with Crippen LogP contribution in [0.5, 0.6) is 0 Å². The molecule has 0 aliphatic carbocycles. The Morgan fingerprint density at radius 3 is 2.81 bits per heavy atom. The molecule has 3 rings (SSSR count). The van der Waals surface area contributed by atoms with Gasteiger partial charge in [-0.25, -0.2) is 13.4 Å². The van der Waals surface area contributed by atoms with E-state index in [0.29, 0.717) is 25.5 Å². The largest absolute Gasteiger partial charge is 0.357 e. The third-order valence-corrected chi connectivity index (χ3v) is 6.25. The lowest BCUT2D eigenvalue weighted by molar-refractivity contribution is -0.117. The van der Waals surface area contributed by atoms with Gasteiger partial charge in [-0.3, -0.25) is 4.79 Å². The number of sulfone groups is 1. The molecule has 0 radical (unpaired) electrons. The van der Waals surface area contributed by atoms with E-state index in [2.05, 4.69) is 15.6 Å². The molecule has 0 spiro atoms. The summed E-state index contributed by atoms with van der Waals surface area (Å²) in [5.41, 5.74) is 2.14. The smallest absolute Gasteiger partial charge is 0.248 e. The lowest BCUT2D eigenvalue weighted by atomic mass is 10.2. The van der Waals surface area contributed by atoms with Gasteiger partial charge in [-0.05, 0) is 31.4 Å². The Morgan fingerprint density at radius 1 is 1.35 bits per heavy atom. The van der Waals surface area contributed by atoms with Gasteiger partial charge in [0.1, 0.15) is 6.54 Å². The Balaban J connectivity index is 0.00000243. The maximum atomic E-state index is 12.5. The minimum absolute atomic E-state index is 0. The molecule has 1 fully saturated rings. The molecule has 1 saturated heterocycles. The number of amides is 1. The SMILES string of the molecule is CCNC(=NCC(=O)N1CCc2ccccc21)NC1CCS(=O)(=O)C1.I. The maximum absolute atomic E-state index is 12.5. The van der Waals surface area contributed by atoms with Crippen LogP contribution in [0.25, 0.3) is 0 Å². The van der Waals surface area contributed by atoms with E-state index in [1.807, 2.05) is 31.2 Å². The molecule has 0 saturated carbocycles. The van der Waals surface area contributed by atoms with Crippen molar-refractivity contribution in [1.82, 2.24) is 10.6 Å². The molecule has 2 aliphatic rings. The van der Waals surface area contributed by atoms with Crippen molar-refractivity contribution in [3.05, 3.63) is 29.8 Å². The summed E-state index contributed by atoms with van der Waals surface area (Å²) in [7, 11) is -2.95.